The van der Waals surface area contributed by atoms with Gasteiger partial charge in [0.05, 0.1) is 16.5 Å². The molecular formula is C25H23N3O4. The number of nitrogens with zero attached hydrogens (tertiary/aromatic N) is 1. The number of aryl methyl sites for hydroxylation is 1. The molecule has 2 heterocycles. The number of furan rings is 1. The van der Waals surface area contributed by atoms with Crippen molar-refractivity contribution in [2.45, 2.75) is 38.6 Å². The largest absolute Gasteiger partial charge is 0.461 e. The van der Waals surface area contributed by atoms with Crippen molar-refractivity contribution in [3.8, 4) is 0 Å². The first-order valence-electron chi connectivity index (χ1n) is 10.8. The third-order valence-corrected chi connectivity index (χ3v) is 6.10. The Hall–Kier alpha value is -3.87. The molecule has 2 aliphatic rings. The van der Waals surface area contributed by atoms with Crippen LogP contribution in [-0.4, -0.2) is 10.8 Å². The fourth-order valence-electron chi connectivity index (χ4n) is 4.61. The van der Waals surface area contributed by atoms with Crippen LogP contribution >= 0.6 is 0 Å². The first-order chi connectivity index (χ1) is 15.5. The number of carbonyl (C=O) groups excluding carboxylic acids is 1. The van der Waals surface area contributed by atoms with E-state index in [9.17, 15) is 14.9 Å². The summed E-state index contributed by atoms with van der Waals surface area (Å²) in [5.74, 6) is 1.32. The molecule has 7 heteroatoms. The zero-order chi connectivity index (χ0) is 22.2. The van der Waals surface area contributed by atoms with E-state index < -0.39 is 4.92 Å². The van der Waals surface area contributed by atoms with Crippen LogP contribution in [0.15, 0.2) is 52.9 Å². The Morgan fingerprint density at radius 2 is 1.94 bits per heavy atom. The lowest BCUT2D eigenvalue weighted by Gasteiger charge is -2.18. The Morgan fingerprint density at radius 3 is 2.72 bits per heavy atom. The number of anilines is 2. The molecule has 1 atom stereocenters. The highest BCUT2D eigenvalue weighted by atomic mass is 16.6. The monoisotopic (exact) mass is 429 g/mol. The van der Waals surface area contributed by atoms with Crippen LogP contribution in [0.5, 0.6) is 0 Å². The van der Waals surface area contributed by atoms with E-state index in [0.29, 0.717) is 22.6 Å². The number of benzene rings is 2. The van der Waals surface area contributed by atoms with Crippen molar-refractivity contribution in [3.05, 3.63) is 86.9 Å². The third-order valence-electron chi connectivity index (χ3n) is 6.10. The molecule has 0 spiro atoms. The van der Waals surface area contributed by atoms with Gasteiger partial charge in [0, 0.05) is 41.1 Å². The number of nitrogens with one attached hydrogen (secondary N) is 2. The average molecular weight is 429 g/mol. The van der Waals surface area contributed by atoms with Gasteiger partial charge < -0.3 is 15.1 Å². The van der Waals surface area contributed by atoms with Gasteiger partial charge in [0.25, 0.3) is 11.6 Å². The topological polar surface area (TPSA) is 97.4 Å². The number of hydrogen-bond acceptors (Lipinski definition) is 5. The standard InChI is InChI=1S/C25H23N3O4/c1-15(26-16-7-3-2-4-8-16)24-18-9-5-6-10-22(18)32-23(24)14-20-19-13-17(28(30)31)11-12-21(19)27-25(20)29/h2-4,7-8,11-15,26H,5-6,9-10H2,1H3,(H,27,29). The van der Waals surface area contributed by atoms with E-state index in [1.165, 1.54) is 17.7 Å². The molecule has 2 aromatic carbocycles. The van der Waals surface area contributed by atoms with Crippen molar-refractivity contribution in [1.29, 1.82) is 0 Å². The van der Waals surface area contributed by atoms with Gasteiger partial charge in [-0.2, -0.15) is 0 Å². The number of hydrogen-bond donors (Lipinski definition) is 2. The molecule has 0 radical (unpaired) electrons. The Morgan fingerprint density at radius 1 is 1.16 bits per heavy atom. The Kier molecular flexibility index (Phi) is 5.01. The molecule has 1 aromatic heterocycles. The van der Waals surface area contributed by atoms with Crippen LogP contribution in [0.1, 0.15) is 54.0 Å². The van der Waals surface area contributed by atoms with Gasteiger partial charge in [0.15, 0.2) is 0 Å². The van der Waals surface area contributed by atoms with Gasteiger partial charge in [-0.3, -0.25) is 14.9 Å². The summed E-state index contributed by atoms with van der Waals surface area (Å²) >= 11 is 0. The molecule has 2 N–H and O–H groups in total. The molecule has 162 valence electrons. The minimum absolute atomic E-state index is 0.0381. The number of nitro benzene ring substituents is 1. The van der Waals surface area contributed by atoms with Crippen LogP contribution in [0.4, 0.5) is 17.1 Å². The molecule has 5 rings (SSSR count). The number of non-ortho nitro benzene ring substituents is 1. The highest BCUT2D eigenvalue weighted by Gasteiger charge is 2.30. The highest BCUT2D eigenvalue weighted by Crippen LogP contribution is 2.40. The Bertz CT molecular complexity index is 1240. The summed E-state index contributed by atoms with van der Waals surface area (Å²) in [6.07, 6.45) is 5.72. The number of amides is 1. The molecule has 0 saturated carbocycles. The summed E-state index contributed by atoms with van der Waals surface area (Å²) in [5, 5.41) is 17.6. The highest BCUT2D eigenvalue weighted by molar-refractivity contribution is 6.35. The van der Waals surface area contributed by atoms with Gasteiger partial charge in [0.1, 0.15) is 11.5 Å². The molecule has 3 aromatic rings. The van der Waals surface area contributed by atoms with E-state index in [4.69, 9.17) is 4.42 Å². The maximum absolute atomic E-state index is 12.7. The Labute approximate surface area is 185 Å². The predicted octanol–water partition coefficient (Wildman–Crippen LogP) is 5.73. The normalized spacial score (nSPS) is 16.9. The van der Waals surface area contributed by atoms with Crippen LogP contribution in [0.3, 0.4) is 0 Å². The minimum Gasteiger partial charge on any atom is -0.461 e. The van der Waals surface area contributed by atoms with Crippen LogP contribution < -0.4 is 10.6 Å². The van der Waals surface area contributed by atoms with Gasteiger partial charge in [-0.15, -0.1) is 0 Å². The van der Waals surface area contributed by atoms with Gasteiger partial charge in [0.2, 0.25) is 0 Å². The molecule has 1 aliphatic carbocycles. The van der Waals surface area contributed by atoms with Crippen molar-refractivity contribution in [2.75, 3.05) is 10.6 Å². The molecule has 7 nitrogen and oxygen atoms in total. The molecule has 0 fully saturated rings. The van der Waals surface area contributed by atoms with Crippen molar-refractivity contribution in [1.82, 2.24) is 0 Å². The second-order valence-corrected chi connectivity index (χ2v) is 8.22. The van der Waals surface area contributed by atoms with Crippen molar-refractivity contribution in [3.63, 3.8) is 0 Å². The van der Waals surface area contributed by atoms with Crippen molar-refractivity contribution < 1.29 is 14.1 Å². The number of fused-ring (bicyclic) bond motifs is 2. The molecule has 32 heavy (non-hydrogen) atoms. The van der Waals surface area contributed by atoms with Crippen LogP contribution in [0, 0.1) is 10.1 Å². The second kappa shape index (κ2) is 8.00. The first kappa shape index (κ1) is 20.1. The second-order valence-electron chi connectivity index (χ2n) is 8.22. The zero-order valence-corrected chi connectivity index (χ0v) is 17.7. The molecule has 0 bridgehead atoms. The van der Waals surface area contributed by atoms with E-state index in [1.807, 2.05) is 30.3 Å². The summed E-state index contributed by atoms with van der Waals surface area (Å²) in [6, 6.07) is 14.3. The van der Waals surface area contributed by atoms with E-state index in [2.05, 4.69) is 17.6 Å². The Balaban J connectivity index is 1.59. The molecule has 1 unspecified atom stereocenters. The first-order valence-corrected chi connectivity index (χ1v) is 10.8. The van der Waals surface area contributed by atoms with E-state index in [0.717, 1.165) is 42.7 Å². The lowest BCUT2D eigenvalue weighted by Crippen LogP contribution is -2.11. The molecule has 1 aliphatic heterocycles. The predicted molar refractivity (Wildman–Crippen MR) is 123 cm³/mol. The van der Waals surface area contributed by atoms with Gasteiger partial charge in [-0.05, 0) is 56.0 Å². The maximum atomic E-state index is 12.7. The minimum atomic E-state index is -0.455. The molecule has 0 saturated heterocycles. The van der Waals surface area contributed by atoms with Crippen molar-refractivity contribution in [2.24, 2.45) is 0 Å². The fourth-order valence-corrected chi connectivity index (χ4v) is 4.61. The van der Waals surface area contributed by atoms with Crippen molar-refractivity contribution >= 4 is 34.6 Å². The van der Waals surface area contributed by atoms with Crippen LogP contribution in [-0.2, 0) is 17.6 Å². The maximum Gasteiger partial charge on any atom is 0.270 e. The zero-order valence-electron chi connectivity index (χ0n) is 17.7. The van der Waals surface area contributed by atoms with E-state index >= 15 is 0 Å². The number of rotatable bonds is 5. The van der Waals surface area contributed by atoms with Gasteiger partial charge in [-0.25, -0.2) is 0 Å². The third kappa shape index (κ3) is 3.56. The molecular weight excluding hydrogens is 406 g/mol. The summed E-state index contributed by atoms with van der Waals surface area (Å²) in [5.41, 5.74) is 4.67. The summed E-state index contributed by atoms with van der Waals surface area (Å²) in [7, 11) is 0. The number of carbonyl (C=O) groups is 1. The lowest BCUT2D eigenvalue weighted by atomic mass is 9.91. The average Bonchev–Trinajstić information content (AvgIpc) is 3.31. The summed E-state index contributed by atoms with van der Waals surface area (Å²) in [6.45, 7) is 2.09. The van der Waals surface area contributed by atoms with E-state index in [-0.39, 0.29) is 17.6 Å². The number of nitro groups is 1. The molecule has 1 amide bonds. The van der Waals surface area contributed by atoms with Gasteiger partial charge >= 0.3 is 0 Å². The lowest BCUT2D eigenvalue weighted by molar-refractivity contribution is -0.384. The fraction of sp³-hybridized carbons (Fsp3) is 0.240. The smallest absolute Gasteiger partial charge is 0.270 e. The number of para-hydroxylation sites is 1. The van der Waals surface area contributed by atoms with E-state index in [1.54, 1.807) is 12.1 Å². The SMILES string of the molecule is CC(Nc1ccccc1)c1c(C=C2C(=O)Nc3ccc([N+](=O)[O-])cc32)oc2c1CCCC2. The quantitative estimate of drug-likeness (QED) is 0.307. The van der Waals surface area contributed by atoms with Crippen LogP contribution in [0.2, 0.25) is 0 Å². The van der Waals surface area contributed by atoms with Gasteiger partial charge in [-0.1, -0.05) is 18.2 Å². The van der Waals surface area contributed by atoms with Crippen LogP contribution in [0.25, 0.3) is 11.6 Å². The summed E-state index contributed by atoms with van der Waals surface area (Å²) in [4.78, 5) is 23.5. The summed E-state index contributed by atoms with van der Waals surface area (Å²) < 4.78 is 6.27.